The molecule has 5 heteroatoms. The van der Waals surface area contributed by atoms with E-state index >= 15 is 0 Å². The van der Waals surface area contributed by atoms with Gasteiger partial charge in [-0.15, -0.1) is 0 Å². The van der Waals surface area contributed by atoms with E-state index in [-0.39, 0.29) is 5.69 Å². The van der Waals surface area contributed by atoms with Crippen LogP contribution in [0.3, 0.4) is 0 Å². The molecular weight excluding hydrogens is 364 g/mol. The van der Waals surface area contributed by atoms with Crippen LogP contribution in [0.4, 0.5) is 0 Å². The summed E-state index contributed by atoms with van der Waals surface area (Å²) in [4.78, 5) is 13.0. The molecule has 0 radical (unpaired) electrons. The second kappa shape index (κ2) is 8.43. The number of benzene rings is 2. The SMILES string of the molecule is C=C(C)n1c(=O)n(CCOc2ccc(/C=C/C)cc2OC)c2cc(C)c(C)cc21. The van der Waals surface area contributed by atoms with Gasteiger partial charge in [0.05, 0.1) is 24.7 Å². The zero-order valence-electron chi connectivity index (χ0n) is 17.8. The monoisotopic (exact) mass is 392 g/mol. The van der Waals surface area contributed by atoms with Gasteiger partial charge in [0.2, 0.25) is 0 Å². The maximum Gasteiger partial charge on any atom is 0.333 e. The molecule has 0 unspecified atom stereocenters. The molecule has 0 spiro atoms. The van der Waals surface area contributed by atoms with Crippen LogP contribution in [0.5, 0.6) is 11.5 Å². The summed E-state index contributed by atoms with van der Waals surface area (Å²) in [5.41, 5.74) is 5.70. The summed E-state index contributed by atoms with van der Waals surface area (Å²) in [5, 5.41) is 0. The highest BCUT2D eigenvalue weighted by Crippen LogP contribution is 2.29. The van der Waals surface area contributed by atoms with E-state index in [0.29, 0.717) is 30.3 Å². The first-order chi connectivity index (χ1) is 13.9. The van der Waals surface area contributed by atoms with Crippen LogP contribution in [0.1, 0.15) is 30.5 Å². The first kappa shape index (κ1) is 20.5. The Kier molecular flexibility index (Phi) is 5.97. The van der Waals surface area contributed by atoms with Crippen LogP contribution in [0, 0.1) is 13.8 Å². The predicted octanol–water partition coefficient (Wildman–Crippen LogP) is 5.03. The number of nitrogens with zero attached hydrogens (tertiary/aromatic N) is 2. The molecule has 29 heavy (non-hydrogen) atoms. The van der Waals surface area contributed by atoms with Crippen LogP contribution in [-0.2, 0) is 6.54 Å². The fourth-order valence-electron chi connectivity index (χ4n) is 3.44. The van der Waals surface area contributed by atoms with Gasteiger partial charge in [0.1, 0.15) is 6.61 Å². The van der Waals surface area contributed by atoms with E-state index in [2.05, 4.69) is 19.6 Å². The van der Waals surface area contributed by atoms with Crippen molar-refractivity contribution in [3.8, 4) is 11.5 Å². The average molecular weight is 392 g/mol. The van der Waals surface area contributed by atoms with E-state index in [1.807, 2.05) is 57.2 Å². The summed E-state index contributed by atoms with van der Waals surface area (Å²) in [6.45, 7) is 12.7. The van der Waals surface area contributed by atoms with Crippen molar-refractivity contribution in [1.29, 1.82) is 0 Å². The third kappa shape index (κ3) is 3.99. The Balaban J connectivity index is 1.90. The van der Waals surface area contributed by atoms with Gasteiger partial charge in [-0.05, 0) is 68.7 Å². The first-order valence-corrected chi connectivity index (χ1v) is 9.69. The predicted molar refractivity (Wildman–Crippen MR) is 120 cm³/mol. The fraction of sp³-hybridized carbons (Fsp3) is 0.292. The molecule has 0 fully saturated rings. The molecule has 3 aromatic rings. The van der Waals surface area contributed by atoms with Crippen LogP contribution in [-0.4, -0.2) is 22.9 Å². The smallest absolute Gasteiger partial charge is 0.333 e. The summed E-state index contributed by atoms with van der Waals surface area (Å²) in [6.07, 6.45) is 3.98. The molecule has 1 heterocycles. The van der Waals surface area contributed by atoms with Crippen molar-refractivity contribution in [2.45, 2.75) is 34.2 Å². The number of allylic oxidation sites excluding steroid dienone is 2. The van der Waals surface area contributed by atoms with E-state index in [9.17, 15) is 4.79 Å². The Morgan fingerprint density at radius 2 is 1.79 bits per heavy atom. The van der Waals surface area contributed by atoms with Crippen molar-refractivity contribution in [3.63, 3.8) is 0 Å². The van der Waals surface area contributed by atoms with Crippen molar-refractivity contribution in [1.82, 2.24) is 9.13 Å². The average Bonchev–Trinajstić information content (AvgIpc) is 2.94. The first-order valence-electron chi connectivity index (χ1n) is 9.69. The second-order valence-electron chi connectivity index (χ2n) is 7.19. The molecule has 3 rings (SSSR count). The Bertz CT molecular complexity index is 1150. The van der Waals surface area contributed by atoms with E-state index in [0.717, 1.165) is 27.7 Å². The van der Waals surface area contributed by atoms with E-state index in [1.54, 1.807) is 16.2 Å². The highest BCUT2D eigenvalue weighted by Gasteiger charge is 2.15. The van der Waals surface area contributed by atoms with Crippen molar-refractivity contribution in [3.05, 3.63) is 70.2 Å². The van der Waals surface area contributed by atoms with Crippen molar-refractivity contribution in [2.24, 2.45) is 0 Å². The van der Waals surface area contributed by atoms with Gasteiger partial charge >= 0.3 is 5.69 Å². The lowest BCUT2D eigenvalue weighted by Gasteiger charge is -2.12. The normalized spacial score (nSPS) is 11.3. The van der Waals surface area contributed by atoms with Gasteiger partial charge in [-0.2, -0.15) is 0 Å². The second-order valence-corrected chi connectivity index (χ2v) is 7.19. The van der Waals surface area contributed by atoms with Crippen LogP contribution in [0.25, 0.3) is 22.8 Å². The van der Waals surface area contributed by atoms with Crippen molar-refractivity contribution in [2.75, 3.05) is 13.7 Å². The minimum atomic E-state index is -0.100. The van der Waals surface area contributed by atoms with Crippen LogP contribution < -0.4 is 15.2 Å². The molecule has 0 N–H and O–H groups in total. The van der Waals surface area contributed by atoms with Crippen molar-refractivity contribution < 1.29 is 9.47 Å². The Morgan fingerprint density at radius 1 is 1.10 bits per heavy atom. The maximum atomic E-state index is 13.0. The topological polar surface area (TPSA) is 45.4 Å². The lowest BCUT2D eigenvalue weighted by molar-refractivity contribution is 0.279. The van der Waals surface area contributed by atoms with E-state index in [1.165, 1.54) is 0 Å². The number of fused-ring (bicyclic) bond motifs is 1. The Morgan fingerprint density at radius 3 is 2.41 bits per heavy atom. The van der Waals surface area contributed by atoms with Crippen molar-refractivity contribution >= 4 is 22.8 Å². The number of aryl methyl sites for hydroxylation is 2. The van der Waals surface area contributed by atoms with Gasteiger partial charge in [0.15, 0.2) is 11.5 Å². The molecule has 0 atom stereocenters. The lowest BCUT2D eigenvalue weighted by atomic mass is 10.1. The standard InChI is InChI=1S/C24H28N2O3/c1-7-8-19-9-10-22(23(15-19)28-6)29-12-11-25-20-13-17(4)18(5)14-21(20)26(16(2)3)24(25)27/h7-10,13-15H,2,11-12H2,1,3-6H3/b8-7+. The van der Waals surface area contributed by atoms with E-state index < -0.39 is 0 Å². The number of imidazole rings is 1. The summed E-state index contributed by atoms with van der Waals surface area (Å²) in [6, 6.07) is 9.89. The molecule has 0 bridgehead atoms. The molecule has 152 valence electrons. The molecule has 0 amide bonds. The quantitative estimate of drug-likeness (QED) is 0.566. The van der Waals surface area contributed by atoms with Gasteiger partial charge in [-0.3, -0.25) is 9.13 Å². The molecule has 2 aromatic carbocycles. The molecule has 0 aliphatic carbocycles. The van der Waals surface area contributed by atoms with Crippen LogP contribution >= 0.6 is 0 Å². The van der Waals surface area contributed by atoms with Gasteiger partial charge in [0.25, 0.3) is 0 Å². The Hall–Kier alpha value is -3.21. The zero-order valence-corrected chi connectivity index (χ0v) is 17.8. The number of ether oxygens (including phenoxy) is 2. The summed E-state index contributed by atoms with van der Waals surface area (Å²) in [5.74, 6) is 1.33. The highest BCUT2D eigenvalue weighted by atomic mass is 16.5. The van der Waals surface area contributed by atoms with Gasteiger partial charge in [-0.25, -0.2) is 4.79 Å². The number of rotatable bonds is 7. The third-order valence-corrected chi connectivity index (χ3v) is 5.05. The lowest BCUT2D eigenvalue weighted by Crippen LogP contribution is -2.25. The van der Waals surface area contributed by atoms with E-state index in [4.69, 9.17) is 9.47 Å². The zero-order chi connectivity index (χ0) is 21.1. The summed E-state index contributed by atoms with van der Waals surface area (Å²) in [7, 11) is 1.62. The molecule has 1 aromatic heterocycles. The molecule has 0 aliphatic heterocycles. The Labute approximate surface area is 171 Å². The molecular formula is C24H28N2O3. The molecule has 0 saturated heterocycles. The van der Waals surface area contributed by atoms with Gasteiger partial charge in [-0.1, -0.05) is 24.8 Å². The minimum absolute atomic E-state index is 0.100. The fourth-order valence-corrected chi connectivity index (χ4v) is 3.44. The van der Waals surface area contributed by atoms with Gasteiger partial charge in [0, 0.05) is 5.70 Å². The molecule has 5 nitrogen and oxygen atoms in total. The minimum Gasteiger partial charge on any atom is -0.493 e. The van der Waals surface area contributed by atoms with Crippen LogP contribution in [0.2, 0.25) is 0 Å². The summed E-state index contributed by atoms with van der Waals surface area (Å²) < 4.78 is 14.8. The third-order valence-electron chi connectivity index (χ3n) is 5.05. The maximum absolute atomic E-state index is 13.0. The summed E-state index contributed by atoms with van der Waals surface area (Å²) >= 11 is 0. The highest BCUT2D eigenvalue weighted by molar-refractivity contribution is 5.81. The molecule has 0 saturated carbocycles. The number of aromatic nitrogens is 2. The van der Waals surface area contributed by atoms with Crippen LogP contribution in [0.15, 0.2) is 47.8 Å². The number of methoxy groups -OCH3 is 1. The van der Waals surface area contributed by atoms with Gasteiger partial charge < -0.3 is 9.47 Å². The number of hydrogen-bond donors (Lipinski definition) is 0. The molecule has 0 aliphatic rings. The number of hydrogen-bond acceptors (Lipinski definition) is 3. The largest absolute Gasteiger partial charge is 0.493 e.